The molecular formula is C112H188N14O13. The number of fused-ring (bicyclic) bond motifs is 16. The number of hydrogen-bond donors (Lipinski definition) is 8. The molecule has 5 aliphatic carbocycles. The van der Waals surface area contributed by atoms with Crippen LogP contribution < -0.4 is 22.5 Å². The van der Waals surface area contributed by atoms with Gasteiger partial charge in [-0.2, -0.15) is 0 Å². The Hall–Kier alpha value is -9.03. The molecule has 784 valence electrons. The first-order chi connectivity index (χ1) is 65.6. The number of aryl methyl sites for hydroxylation is 2. The highest BCUT2D eigenvalue weighted by molar-refractivity contribution is 6.39. The molecule has 0 unspecified atom stereocenters. The summed E-state index contributed by atoms with van der Waals surface area (Å²) < 4.78 is 27.7. The van der Waals surface area contributed by atoms with Gasteiger partial charge < -0.3 is 75.6 Å². The quantitative estimate of drug-likeness (QED) is 0.0155. The van der Waals surface area contributed by atoms with Crippen molar-refractivity contribution in [2.45, 2.75) is 353 Å². The molecular weight excluding hydrogens is 1750 g/mol. The maximum atomic E-state index is 13.3. The van der Waals surface area contributed by atoms with Crippen LogP contribution in [0.5, 0.6) is 0 Å². The van der Waals surface area contributed by atoms with Crippen molar-refractivity contribution in [1.29, 1.82) is 0 Å². The van der Waals surface area contributed by atoms with E-state index in [1.807, 2.05) is 211 Å². The topological polar surface area (TPSA) is 389 Å². The number of nitrogens with two attached hydrogens (primary N) is 3. The number of β-amino-alcohol motifs (C(OH)–C–C–N with tert-alkyl or cyclic N) is 1. The van der Waals surface area contributed by atoms with Crippen molar-refractivity contribution >= 4 is 112 Å². The maximum absolute atomic E-state index is 13.3. The van der Waals surface area contributed by atoms with E-state index in [1.54, 1.807) is 46.3 Å². The second-order valence-electron chi connectivity index (χ2n) is 38.4. The van der Waals surface area contributed by atoms with E-state index in [0.29, 0.717) is 78.7 Å². The molecule has 0 radical (unpaired) electrons. The number of methoxy groups -OCH3 is 4. The van der Waals surface area contributed by atoms with Gasteiger partial charge in [0.1, 0.15) is 58.6 Å². The van der Waals surface area contributed by atoms with Crippen LogP contribution in [-0.4, -0.2) is 190 Å². The van der Waals surface area contributed by atoms with Gasteiger partial charge in [-0.3, -0.25) is 28.9 Å². The highest BCUT2D eigenvalue weighted by Gasteiger charge is 2.72. The number of aliphatic hydroxyl groups excluding tert-OH is 4. The van der Waals surface area contributed by atoms with Crippen molar-refractivity contribution in [3.05, 3.63) is 114 Å². The van der Waals surface area contributed by atoms with Crippen LogP contribution in [0.2, 0.25) is 0 Å². The number of rotatable bonds is 15. The molecule has 6 aliphatic rings. The van der Waals surface area contributed by atoms with Gasteiger partial charge in [0, 0.05) is 70.5 Å². The van der Waals surface area contributed by atoms with Crippen molar-refractivity contribution in [3.63, 3.8) is 0 Å². The van der Waals surface area contributed by atoms with Crippen molar-refractivity contribution in [1.82, 2.24) is 53.8 Å². The Labute approximate surface area is 836 Å². The summed E-state index contributed by atoms with van der Waals surface area (Å²) in [6.07, 6.45) is 10.2. The summed E-state index contributed by atoms with van der Waals surface area (Å²) in [5.41, 5.74) is 28.7. The lowest BCUT2D eigenvalue weighted by Crippen LogP contribution is -2.67. The summed E-state index contributed by atoms with van der Waals surface area (Å²) >= 11 is 0. The van der Waals surface area contributed by atoms with E-state index in [4.69, 9.17) is 46.2 Å². The number of esters is 1. The van der Waals surface area contributed by atoms with Gasteiger partial charge in [0.2, 0.25) is 5.78 Å². The first-order valence-electron chi connectivity index (χ1n) is 51.2. The Bertz CT molecular complexity index is 5220. The van der Waals surface area contributed by atoms with Crippen LogP contribution in [0.3, 0.4) is 0 Å². The highest BCUT2D eigenvalue weighted by atomic mass is 16.5. The van der Waals surface area contributed by atoms with E-state index < -0.39 is 29.9 Å². The van der Waals surface area contributed by atoms with Crippen molar-refractivity contribution in [2.24, 2.45) is 70.8 Å². The lowest BCUT2D eigenvalue weighted by Gasteiger charge is -2.72. The Balaban J connectivity index is 0.000000825. The number of carbonyl (C=O) groups is 5. The molecule has 0 amide bonds. The van der Waals surface area contributed by atoms with Crippen molar-refractivity contribution in [3.8, 4) is 0 Å². The molecule has 6 fully saturated rings. The van der Waals surface area contributed by atoms with E-state index >= 15 is 0 Å². The summed E-state index contributed by atoms with van der Waals surface area (Å²) in [4.78, 5) is 83.3. The number of aromatic nitrogens is 9. The number of hydrogen-bond acceptors (Lipinski definition) is 24. The van der Waals surface area contributed by atoms with E-state index in [2.05, 4.69) is 134 Å². The minimum atomic E-state index is -0.918. The number of nitrogens with zero attached hydrogens (tertiary/aromatic N) is 10. The van der Waals surface area contributed by atoms with Gasteiger partial charge in [-0.05, 0) is 202 Å². The molecule has 27 nitrogen and oxygen atoms in total. The summed E-state index contributed by atoms with van der Waals surface area (Å²) in [6.45, 7) is 71.7. The normalized spacial score (nSPS) is 23.6. The number of nitrogens with one attached hydrogen (secondary N) is 1. The average Bonchev–Trinajstić information content (AvgIpc) is 1.66. The largest absolute Gasteiger partial charge is 0.469 e. The van der Waals surface area contributed by atoms with E-state index in [0.717, 1.165) is 134 Å². The molecule has 7 heterocycles. The molecule has 5 saturated carbocycles. The maximum Gasteiger partial charge on any atom is 0.312 e. The van der Waals surface area contributed by atoms with E-state index in [1.165, 1.54) is 45.3 Å². The number of nitrogen functional groups attached to an aromatic ring is 3. The summed E-state index contributed by atoms with van der Waals surface area (Å²) in [6, 6.07) is 23.7. The number of aliphatic hydroxyl groups is 4. The molecule has 139 heavy (non-hydrogen) atoms. The van der Waals surface area contributed by atoms with E-state index in [-0.39, 0.29) is 75.4 Å². The lowest BCUT2D eigenvalue weighted by atomic mass is 9.32. The number of piperidine rings is 1. The van der Waals surface area contributed by atoms with Gasteiger partial charge in [0.05, 0.1) is 95.6 Å². The van der Waals surface area contributed by atoms with Crippen molar-refractivity contribution < 1.29 is 63.3 Å². The molecule has 0 bridgehead atoms. The second-order valence-corrected chi connectivity index (χ2v) is 38.4. The van der Waals surface area contributed by atoms with Crippen LogP contribution >= 0.6 is 0 Å². The molecule has 15 rings (SSSR count). The molecule has 3 aromatic carbocycles. The van der Waals surface area contributed by atoms with Crippen LogP contribution in [0.25, 0.3) is 65.8 Å². The third-order valence-corrected chi connectivity index (χ3v) is 28.2. The number of ether oxygens (including phenoxy) is 4. The minimum absolute atomic E-state index is 0.00478. The zero-order valence-electron chi connectivity index (χ0n) is 93.5. The third kappa shape index (κ3) is 29.6. The number of anilines is 3. The molecule has 6 aromatic heterocycles. The number of para-hydroxylation sites is 3. The zero-order chi connectivity index (χ0) is 107. The molecule has 27 heteroatoms. The molecule has 1 aliphatic heterocycles. The first-order valence-corrected chi connectivity index (χ1v) is 51.2. The van der Waals surface area contributed by atoms with Gasteiger partial charge in [0.15, 0.2) is 29.0 Å². The SMILES string of the molecule is C=C(C)[C@@H]1CC[C@]2(C(=O)OC)CC[C@]3(C)[C@H](CC[C@@H]4[C@@]5(C)CC[C@H](O)C(C)(C)[C@@H]5CC[C@]43C)[C@@H]12.CC.CC.CC.CC.CC.CC.CC.CC.CC(=O)C=C(C)C.CC(=O)CC(=O)C(C)=O.CNCc1nc2c(N)nc3ccccc3c2n1C.COC(C)(C)Cn1c(C(C)(C)C)nc2c(N)nc3ccccc3c21.COCc1nc2c(N)nc3ccccc3c2n1C.CO[C@H]1[C@H](O)[C@@H](O)CN(C)[C@@H]1CO. The summed E-state index contributed by atoms with van der Waals surface area (Å²) in [5.74, 6) is 5.64. The predicted molar refractivity (Wildman–Crippen MR) is 579 cm³/mol. The Kier molecular flexibility index (Phi) is 53.9. The van der Waals surface area contributed by atoms with E-state index in [9.17, 15) is 39.3 Å². The predicted octanol–water partition coefficient (Wildman–Crippen LogP) is 22.2. The lowest BCUT2D eigenvalue weighted by molar-refractivity contribution is -0.248. The van der Waals surface area contributed by atoms with Crippen LogP contribution in [-0.2, 0) is 82.1 Å². The number of ketones is 4. The summed E-state index contributed by atoms with van der Waals surface area (Å²) in [7, 11) is 14.1. The number of allylic oxidation sites excluding steroid dienone is 3. The van der Waals surface area contributed by atoms with Gasteiger partial charge in [0.25, 0.3) is 0 Å². The fraction of sp³-hybridized carbons (Fsp3) is 0.652. The minimum Gasteiger partial charge on any atom is -0.469 e. The smallest absolute Gasteiger partial charge is 0.312 e. The second kappa shape index (κ2) is 58.5. The van der Waals surface area contributed by atoms with Gasteiger partial charge in [-0.15, -0.1) is 0 Å². The Morgan fingerprint density at radius 2 is 1.03 bits per heavy atom. The average molecular weight is 1940 g/mol. The first kappa shape index (κ1) is 128. The van der Waals surface area contributed by atoms with Crippen LogP contribution in [0.15, 0.2) is 96.6 Å². The third-order valence-electron chi connectivity index (χ3n) is 28.2. The Morgan fingerprint density at radius 1 is 0.568 bits per heavy atom. The number of Topliss-reactive ketones (excluding diaryl/α,β-unsaturated/α-hetero) is 3. The molecule has 0 spiro atoms. The summed E-state index contributed by atoms with van der Waals surface area (Å²) in [5, 5.41) is 45.2. The Morgan fingerprint density at radius 3 is 1.42 bits per heavy atom. The fourth-order valence-electron chi connectivity index (χ4n) is 21.8. The van der Waals surface area contributed by atoms with Gasteiger partial charge >= 0.3 is 5.97 Å². The molecule has 11 N–H and O–H groups in total. The van der Waals surface area contributed by atoms with Gasteiger partial charge in [-0.25, -0.2) is 29.9 Å². The number of pyridine rings is 3. The standard InChI is InChI=1S/C31H50O3.C19H26N4O.C13H15N5.C13H14N4O.C8H17NO4.C6H8O3.C6H10O.8C2H6/c1-19(2)20-11-16-31(26(33)34-8)18-17-29(6)21(25(20)31)9-10-23-28(5)14-13-24(32)27(3,4)22(28)12-15-30(23,29)7;1-18(2,3)17-22-14-15(23(17)11-19(4,5)24-6)12-9-7-8-10-13(12)21-16(14)20;1-15-7-10-17-11-12(18(10)2)8-5-3-4-6-9(8)16-13(11)14;1-17-10(7-18-2)16-11-12(17)8-5-3-4-6-9(8)15-13(11)14;1-9-3-6(11)7(12)8(13-2)5(9)4-10;1-4(7)3-6(9)5(2)8;1-5(2)4-6(3)7;8*1-2/h20-25,32H,1,9-18H2,2-8H3;7-10H,11H2,1-6H3,(H2,20,21);3-6,15H,7H2,1-2H3,(H2,14,16);3-6H,7H2,1-2H3,(H2,14,15);5-8,10-12H,3-4H2,1-2H3;3H2,1-2H3;4H,1-3H3;8*1-2H3/t20-,21+,22-,23+,24-,25+,28-,29+,30+,31-;;;;5-,6+,7-,8-;;;;;;;;;;/m0...1........../s1. The fourth-order valence-corrected chi connectivity index (χ4v) is 21.8. The van der Waals surface area contributed by atoms with Crippen LogP contribution in [0.4, 0.5) is 17.5 Å². The molecule has 1 saturated heterocycles. The molecule has 14 atom stereocenters. The number of carbonyl (C=O) groups excluding carboxylic acids is 5. The van der Waals surface area contributed by atoms with Crippen LogP contribution in [0, 0.1) is 56.7 Å². The zero-order valence-corrected chi connectivity index (χ0v) is 93.5. The van der Waals surface area contributed by atoms with Gasteiger partial charge in [-0.1, -0.05) is 238 Å². The van der Waals surface area contributed by atoms with Crippen molar-refractivity contribution in [2.75, 3.05) is 72.9 Å². The number of imidazole rings is 3. The number of likely N-dealkylation sites (N-methyl/N-ethyl adjacent to an activating group) is 1. The monoisotopic (exact) mass is 1940 g/mol. The number of benzene rings is 3. The van der Waals surface area contributed by atoms with Crippen LogP contribution in [0.1, 0.15) is 310 Å². The highest BCUT2D eigenvalue weighted by Crippen LogP contribution is 2.78. The molecule has 9 aromatic rings. The number of likely N-dealkylation sites (tertiary alicyclic amines) is 1.